The number of phenolic OH excluding ortho intramolecular Hbond substituents is 1. The van der Waals surface area contributed by atoms with E-state index < -0.39 is 16.0 Å². The number of aromatic hydroxyl groups is 1. The normalized spacial score (nSPS) is 11.4. The predicted octanol–water partition coefficient (Wildman–Crippen LogP) is 3.49. The van der Waals surface area contributed by atoms with E-state index in [1.807, 2.05) is 0 Å². The van der Waals surface area contributed by atoms with Gasteiger partial charge in [0.05, 0.1) is 17.6 Å². The first kappa shape index (κ1) is 21.4. The predicted molar refractivity (Wildman–Crippen MR) is 111 cm³/mol. The van der Waals surface area contributed by atoms with Crippen LogP contribution in [0.15, 0.2) is 77.7 Å². The van der Waals surface area contributed by atoms with Gasteiger partial charge in [-0.3, -0.25) is 0 Å². The van der Waals surface area contributed by atoms with Crippen LogP contribution in [0.25, 0.3) is 0 Å². The van der Waals surface area contributed by atoms with Crippen molar-refractivity contribution in [2.24, 2.45) is 0 Å². The van der Waals surface area contributed by atoms with Gasteiger partial charge in [-0.1, -0.05) is 24.3 Å². The minimum absolute atomic E-state index is 0.0279. The standard InChI is InChI=1S/C22H21NO6S/c1-29-20-10-4-17(5-11-20)15-23(14-16-2-6-18(7-3-16)22(25)26)30(27,28)21-12-8-19(24)9-13-21/h2-13,24H,14-15H2,1H3,(H,25,26). The number of hydrogen-bond acceptors (Lipinski definition) is 5. The minimum atomic E-state index is -3.88. The maximum absolute atomic E-state index is 13.3. The van der Waals surface area contributed by atoms with Crippen molar-refractivity contribution in [2.45, 2.75) is 18.0 Å². The van der Waals surface area contributed by atoms with Gasteiger partial charge in [0.2, 0.25) is 10.0 Å². The molecule has 7 nitrogen and oxygen atoms in total. The highest BCUT2D eigenvalue weighted by molar-refractivity contribution is 7.89. The second-order valence-corrected chi connectivity index (χ2v) is 8.56. The van der Waals surface area contributed by atoms with Crippen molar-refractivity contribution in [3.05, 3.63) is 89.5 Å². The third-order valence-electron chi connectivity index (χ3n) is 4.55. The highest BCUT2D eigenvalue weighted by Gasteiger charge is 2.25. The van der Waals surface area contributed by atoms with Crippen molar-refractivity contribution in [3.8, 4) is 11.5 Å². The number of phenols is 1. The summed E-state index contributed by atoms with van der Waals surface area (Å²) >= 11 is 0. The molecule has 0 aliphatic heterocycles. The molecule has 0 atom stereocenters. The summed E-state index contributed by atoms with van der Waals surface area (Å²) in [6.45, 7) is 0.156. The minimum Gasteiger partial charge on any atom is -0.508 e. The van der Waals surface area contributed by atoms with Gasteiger partial charge in [0.25, 0.3) is 0 Å². The van der Waals surface area contributed by atoms with E-state index in [1.165, 1.54) is 40.7 Å². The highest BCUT2D eigenvalue weighted by atomic mass is 32.2. The van der Waals surface area contributed by atoms with Gasteiger partial charge in [-0.15, -0.1) is 0 Å². The molecule has 8 heteroatoms. The third-order valence-corrected chi connectivity index (χ3v) is 6.36. The average Bonchev–Trinajstić information content (AvgIpc) is 2.74. The molecule has 3 rings (SSSR count). The molecule has 0 spiro atoms. The first-order valence-electron chi connectivity index (χ1n) is 9.04. The van der Waals surface area contributed by atoms with Crippen LogP contribution in [0.4, 0.5) is 0 Å². The van der Waals surface area contributed by atoms with Crippen LogP contribution < -0.4 is 4.74 Å². The highest BCUT2D eigenvalue weighted by Crippen LogP contribution is 2.24. The fourth-order valence-electron chi connectivity index (χ4n) is 2.88. The monoisotopic (exact) mass is 427 g/mol. The summed E-state index contributed by atoms with van der Waals surface area (Å²) in [5, 5.41) is 18.5. The number of carbonyl (C=O) groups is 1. The van der Waals surface area contributed by atoms with E-state index in [0.29, 0.717) is 11.3 Å². The molecule has 0 aromatic heterocycles. The van der Waals surface area contributed by atoms with Crippen molar-refractivity contribution in [1.82, 2.24) is 4.31 Å². The van der Waals surface area contributed by atoms with Crippen LogP contribution in [0.5, 0.6) is 11.5 Å². The largest absolute Gasteiger partial charge is 0.508 e. The van der Waals surface area contributed by atoms with Crippen LogP contribution in [0.1, 0.15) is 21.5 Å². The molecule has 3 aromatic rings. The molecule has 0 saturated carbocycles. The molecule has 0 bridgehead atoms. The first-order valence-corrected chi connectivity index (χ1v) is 10.5. The number of rotatable bonds is 8. The van der Waals surface area contributed by atoms with Gasteiger partial charge in [-0.05, 0) is 59.7 Å². The maximum Gasteiger partial charge on any atom is 0.335 e. The van der Waals surface area contributed by atoms with Crippen LogP contribution in [0.2, 0.25) is 0 Å². The number of sulfonamides is 1. The second kappa shape index (κ2) is 8.98. The van der Waals surface area contributed by atoms with E-state index in [-0.39, 0.29) is 29.3 Å². The quantitative estimate of drug-likeness (QED) is 0.570. The molecular formula is C22H21NO6S. The molecule has 0 fully saturated rings. The van der Waals surface area contributed by atoms with E-state index >= 15 is 0 Å². The molecule has 0 amide bonds. The number of aromatic carboxylic acids is 1. The smallest absolute Gasteiger partial charge is 0.335 e. The summed E-state index contributed by atoms with van der Waals surface area (Å²) in [4.78, 5) is 11.1. The first-order chi connectivity index (χ1) is 14.3. The number of benzene rings is 3. The van der Waals surface area contributed by atoms with Gasteiger partial charge >= 0.3 is 5.97 Å². The van der Waals surface area contributed by atoms with E-state index in [2.05, 4.69) is 0 Å². The van der Waals surface area contributed by atoms with Crippen molar-refractivity contribution >= 4 is 16.0 Å². The summed E-state index contributed by atoms with van der Waals surface area (Å²) in [6, 6.07) is 18.5. The van der Waals surface area contributed by atoms with Gasteiger partial charge in [0.15, 0.2) is 0 Å². The van der Waals surface area contributed by atoms with Crippen molar-refractivity contribution in [3.63, 3.8) is 0 Å². The Kier molecular flexibility index (Phi) is 6.39. The van der Waals surface area contributed by atoms with Crippen LogP contribution in [-0.4, -0.2) is 36.0 Å². The lowest BCUT2D eigenvalue weighted by Gasteiger charge is -2.23. The molecule has 30 heavy (non-hydrogen) atoms. The van der Waals surface area contributed by atoms with E-state index in [1.54, 1.807) is 43.5 Å². The lowest BCUT2D eigenvalue weighted by Crippen LogP contribution is -2.30. The molecule has 0 unspecified atom stereocenters. The van der Waals surface area contributed by atoms with Gasteiger partial charge in [0.1, 0.15) is 11.5 Å². The molecule has 0 saturated heterocycles. The zero-order valence-corrected chi connectivity index (χ0v) is 17.0. The summed E-state index contributed by atoms with van der Waals surface area (Å²) in [6.07, 6.45) is 0. The van der Waals surface area contributed by atoms with Crippen LogP contribution >= 0.6 is 0 Å². The Morgan fingerprint density at radius 3 is 1.83 bits per heavy atom. The zero-order valence-electron chi connectivity index (χ0n) is 16.2. The van der Waals surface area contributed by atoms with E-state index in [9.17, 15) is 18.3 Å². The summed E-state index contributed by atoms with van der Waals surface area (Å²) in [7, 11) is -2.33. The molecule has 0 heterocycles. The zero-order chi connectivity index (χ0) is 21.7. The van der Waals surface area contributed by atoms with Crippen molar-refractivity contribution < 1.29 is 28.2 Å². The Balaban J connectivity index is 1.94. The second-order valence-electron chi connectivity index (χ2n) is 6.62. The number of methoxy groups -OCH3 is 1. The average molecular weight is 427 g/mol. The number of carboxylic acid groups (broad SMARTS) is 1. The van der Waals surface area contributed by atoms with E-state index in [0.717, 1.165) is 5.56 Å². The summed E-state index contributed by atoms with van der Waals surface area (Å²) in [5.41, 5.74) is 1.54. The Labute approximate surface area is 174 Å². The van der Waals surface area contributed by atoms with Gasteiger partial charge in [0, 0.05) is 13.1 Å². The van der Waals surface area contributed by atoms with Crippen LogP contribution in [0.3, 0.4) is 0 Å². The van der Waals surface area contributed by atoms with Crippen molar-refractivity contribution in [2.75, 3.05) is 7.11 Å². The molecule has 2 N–H and O–H groups in total. The lowest BCUT2D eigenvalue weighted by atomic mass is 10.1. The summed E-state index contributed by atoms with van der Waals surface area (Å²) in [5.74, 6) is -0.413. The van der Waals surface area contributed by atoms with Gasteiger partial charge in [-0.2, -0.15) is 4.31 Å². The number of ether oxygens (including phenoxy) is 1. The molecule has 3 aromatic carbocycles. The molecule has 0 aliphatic carbocycles. The Morgan fingerprint density at radius 2 is 1.37 bits per heavy atom. The fourth-order valence-corrected chi connectivity index (χ4v) is 4.30. The SMILES string of the molecule is COc1ccc(CN(Cc2ccc(C(=O)O)cc2)S(=O)(=O)c2ccc(O)cc2)cc1. The number of nitrogens with zero attached hydrogens (tertiary/aromatic N) is 1. The number of hydrogen-bond donors (Lipinski definition) is 2. The molecule has 0 aliphatic rings. The Morgan fingerprint density at radius 1 is 0.867 bits per heavy atom. The molecule has 156 valence electrons. The Bertz CT molecular complexity index is 1110. The van der Waals surface area contributed by atoms with E-state index in [4.69, 9.17) is 9.84 Å². The maximum atomic E-state index is 13.3. The molecule has 0 radical (unpaired) electrons. The van der Waals surface area contributed by atoms with Crippen molar-refractivity contribution in [1.29, 1.82) is 0 Å². The van der Waals surface area contributed by atoms with Gasteiger partial charge in [-0.25, -0.2) is 13.2 Å². The van der Waals surface area contributed by atoms with Crippen LogP contribution in [-0.2, 0) is 23.1 Å². The fraction of sp³-hybridized carbons (Fsp3) is 0.136. The third kappa shape index (κ3) is 4.97. The lowest BCUT2D eigenvalue weighted by molar-refractivity contribution is 0.0697. The number of carboxylic acids is 1. The van der Waals surface area contributed by atoms with Crippen LogP contribution in [0, 0.1) is 0 Å². The Hall–Kier alpha value is -3.36. The van der Waals surface area contributed by atoms with Gasteiger partial charge < -0.3 is 14.9 Å². The topological polar surface area (TPSA) is 104 Å². The summed E-state index contributed by atoms with van der Waals surface area (Å²) < 4.78 is 33.0. The molecular weight excluding hydrogens is 406 g/mol.